The Kier molecular flexibility index (Phi) is 5.87. The Bertz CT molecular complexity index is 1240. The minimum atomic E-state index is -0.538. The highest BCUT2D eigenvalue weighted by Gasteiger charge is 2.42. The van der Waals surface area contributed by atoms with Crippen LogP contribution in [-0.2, 0) is 0 Å². The number of hydrogen-bond donors (Lipinski definition) is 0. The van der Waals surface area contributed by atoms with Crippen LogP contribution >= 0.6 is 11.6 Å². The third-order valence-electron chi connectivity index (χ3n) is 6.18. The Morgan fingerprint density at radius 2 is 1.62 bits per heavy atom. The van der Waals surface area contributed by atoms with Gasteiger partial charge in [0.25, 0.3) is 0 Å². The maximum atomic E-state index is 6.49. The second-order valence-electron chi connectivity index (χ2n) is 7.95. The number of rotatable bonds is 6. The topological polar surface area (TPSA) is 61.8 Å². The van der Waals surface area contributed by atoms with E-state index < -0.39 is 6.23 Å². The third kappa shape index (κ3) is 3.66. The van der Waals surface area contributed by atoms with Crippen LogP contribution in [0.4, 0.5) is 0 Å². The average molecular weight is 481 g/mol. The molecule has 8 heteroatoms. The van der Waals surface area contributed by atoms with E-state index in [1.165, 1.54) is 0 Å². The Balaban J connectivity index is 1.63. The zero-order valence-electron chi connectivity index (χ0n) is 19.4. The van der Waals surface area contributed by atoms with E-state index in [-0.39, 0.29) is 6.04 Å². The molecule has 0 saturated carbocycles. The van der Waals surface area contributed by atoms with Gasteiger partial charge in [-0.1, -0.05) is 11.6 Å². The highest BCUT2D eigenvalue weighted by atomic mass is 35.5. The van der Waals surface area contributed by atoms with Gasteiger partial charge in [0.1, 0.15) is 11.5 Å². The number of fused-ring (bicyclic) bond motifs is 3. The Morgan fingerprint density at radius 3 is 2.29 bits per heavy atom. The summed E-state index contributed by atoms with van der Waals surface area (Å²) in [6, 6.07) is 17.3. The molecule has 2 heterocycles. The molecule has 0 unspecified atom stereocenters. The lowest BCUT2D eigenvalue weighted by atomic mass is 9.95. The monoisotopic (exact) mass is 480 g/mol. The standard InChI is InChI=1S/C26H25ClN2O5/c1-30-17-8-5-15(6-9-17)20-14-21-19-13-16(27)7-11-22(19)34-26(29(21)28-20)18-10-12-23(31-2)25(33-4)24(18)32-3/h5-13,21,26H,14H2,1-4H3/t21-,26+/m1/s1. The lowest BCUT2D eigenvalue weighted by molar-refractivity contribution is -0.0205. The SMILES string of the molecule is COc1ccc(C2=NN3[C@H](C2)c2cc(Cl)ccc2O[C@H]3c2ccc(OC)c(OC)c2OC)cc1. The molecule has 3 aromatic rings. The summed E-state index contributed by atoms with van der Waals surface area (Å²) in [5, 5.41) is 7.64. The number of methoxy groups -OCH3 is 4. The maximum absolute atomic E-state index is 6.49. The lowest BCUT2D eigenvalue weighted by Gasteiger charge is -2.38. The Hall–Kier alpha value is -3.58. The van der Waals surface area contributed by atoms with E-state index in [2.05, 4.69) is 0 Å². The maximum Gasteiger partial charge on any atom is 0.217 e. The average Bonchev–Trinajstić information content (AvgIpc) is 3.33. The van der Waals surface area contributed by atoms with E-state index in [0.29, 0.717) is 28.7 Å². The fourth-order valence-electron chi connectivity index (χ4n) is 4.54. The molecule has 176 valence electrons. The molecule has 0 N–H and O–H groups in total. The minimum absolute atomic E-state index is 0.0534. The van der Waals surface area contributed by atoms with E-state index in [9.17, 15) is 0 Å². The highest BCUT2D eigenvalue weighted by Crippen LogP contribution is 2.51. The van der Waals surface area contributed by atoms with Crippen LogP contribution in [0.25, 0.3) is 0 Å². The fourth-order valence-corrected chi connectivity index (χ4v) is 4.72. The normalized spacial score (nSPS) is 18.4. The van der Waals surface area contributed by atoms with Crippen LogP contribution in [0.5, 0.6) is 28.7 Å². The fraction of sp³-hybridized carbons (Fsp3) is 0.269. The van der Waals surface area contributed by atoms with Gasteiger partial charge < -0.3 is 23.7 Å². The Labute approximate surface area is 203 Å². The van der Waals surface area contributed by atoms with Crippen LogP contribution < -0.4 is 23.7 Å². The van der Waals surface area contributed by atoms with E-state index in [4.69, 9.17) is 40.4 Å². The van der Waals surface area contributed by atoms with Crippen molar-refractivity contribution in [3.05, 3.63) is 76.3 Å². The molecule has 0 fully saturated rings. The van der Waals surface area contributed by atoms with Crippen molar-refractivity contribution in [1.82, 2.24) is 5.01 Å². The van der Waals surface area contributed by atoms with Crippen molar-refractivity contribution in [2.24, 2.45) is 5.10 Å². The van der Waals surface area contributed by atoms with Gasteiger partial charge >= 0.3 is 0 Å². The number of hydrazone groups is 1. The van der Waals surface area contributed by atoms with Crippen molar-refractivity contribution >= 4 is 17.3 Å². The highest BCUT2D eigenvalue weighted by molar-refractivity contribution is 6.30. The first-order valence-corrected chi connectivity index (χ1v) is 11.2. The molecular weight excluding hydrogens is 456 g/mol. The molecule has 0 saturated heterocycles. The molecule has 0 aromatic heterocycles. The van der Waals surface area contributed by atoms with Gasteiger partial charge in [-0.15, -0.1) is 0 Å². The van der Waals surface area contributed by atoms with Crippen molar-refractivity contribution in [3.8, 4) is 28.7 Å². The van der Waals surface area contributed by atoms with Crippen molar-refractivity contribution in [1.29, 1.82) is 0 Å². The first kappa shape index (κ1) is 22.2. The van der Waals surface area contributed by atoms with Crippen molar-refractivity contribution in [2.45, 2.75) is 18.7 Å². The van der Waals surface area contributed by atoms with Crippen molar-refractivity contribution in [2.75, 3.05) is 28.4 Å². The van der Waals surface area contributed by atoms with Gasteiger partial charge in [-0.3, -0.25) is 0 Å². The van der Waals surface area contributed by atoms with Gasteiger partial charge in [-0.05, 0) is 60.2 Å². The summed E-state index contributed by atoms with van der Waals surface area (Å²) in [7, 11) is 6.43. The third-order valence-corrected chi connectivity index (χ3v) is 6.41. The van der Waals surface area contributed by atoms with E-state index >= 15 is 0 Å². The van der Waals surface area contributed by atoms with E-state index in [0.717, 1.165) is 33.9 Å². The lowest BCUT2D eigenvalue weighted by Crippen LogP contribution is -2.34. The van der Waals surface area contributed by atoms with Gasteiger partial charge in [0.2, 0.25) is 12.0 Å². The number of hydrogen-bond acceptors (Lipinski definition) is 7. The van der Waals surface area contributed by atoms with Crippen molar-refractivity contribution in [3.63, 3.8) is 0 Å². The summed E-state index contributed by atoms with van der Waals surface area (Å²) in [5.41, 5.74) is 3.76. The van der Waals surface area contributed by atoms with Gasteiger partial charge in [-0.2, -0.15) is 5.10 Å². The number of benzene rings is 3. The smallest absolute Gasteiger partial charge is 0.217 e. The molecule has 0 aliphatic carbocycles. The van der Waals surface area contributed by atoms with Gasteiger partial charge in [0.05, 0.1) is 45.8 Å². The molecule has 34 heavy (non-hydrogen) atoms. The molecule has 2 atom stereocenters. The zero-order chi connectivity index (χ0) is 23.8. The summed E-state index contributed by atoms with van der Waals surface area (Å²) in [5.74, 6) is 3.18. The molecule has 5 rings (SSSR count). The summed E-state index contributed by atoms with van der Waals surface area (Å²) in [4.78, 5) is 0. The minimum Gasteiger partial charge on any atom is -0.497 e. The van der Waals surface area contributed by atoms with Crippen LogP contribution in [0.1, 0.15) is 35.4 Å². The Morgan fingerprint density at radius 1 is 0.853 bits per heavy atom. The predicted octanol–water partition coefficient (Wildman–Crippen LogP) is 5.62. The summed E-state index contributed by atoms with van der Waals surface area (Å²) in [6.07, 6.45) is 0.166. The van der Waals surface area contributed by atoms with Crippen LogP contribution in [0, 0.1) is 0 Å². The van der Waals surface area contributed by atoms with E-state index in [1.54, 1.807) is 28.4 Å². The second kappa shape index (κ2) is 8.99. The summed E-state index contributed by atoms with van der Waals surface area (Å²) < 4.78 is 28.6. The zero-order valence-corrected chi connectivity index (χ0v) is 20.1. The second-order valence-corrected chi connectivity index (χ2v) is 8.39. The van der Waals surface area contributed by atoms with E-state index in [1.807, 2.05) is 59.6 Å². The summed E-state index contributed by atoms with van der Waals surface area (Å²) >= 11 is 6.35. The van der Waals surface area contributed by atoms with Crippen LogP contribution in [-0.4, -0.2) is 39.2 Å². The first-order chi connectivity index (χ1) is 16.6. The molecule has 0 spiro atoms. The van der Waals surface area contributed by atoms with Gasteiger partial charge in [0, 0.05) is 17.0 Å². The van der Waals surface area contributed by atoms with Crippen LogP contribution in [0.3, 0.4) is 0 Å². The van der Waals surface area contributed by atoms with Crippen LogP contribution in [0.2, 0.25) is 5.02 Å². The van der Waals surface area contributed by atoms with Gasteiger partial charge in [0.15, 0.2) is 11.5 Å². The summed E-state index contributed by atoms with van der Waals surface area (Å²) in [6.45, 7) is 0. The molecule has 0 radical (unpaired) electrons. The number of ether oxygens (including phenoxy) is 5. The first-order valence-electron chi connectivity index (χ1n) is 10.8. The van der Waals surface area contributed by atoms with Crippen molar-refractivity contribution < 1.29 is 23.7 Å². The molecule has 3 aromatic carbocycles. The molecule has 0 amide bonds. The number of halogens is 1. The number of nitrogens with zero attached hydrogens (tertiary/aromatic N) is 2. The molecule has 0 bridgehead atoms. The molecule has 2 aliphatic heterocycles. The molecule has 2 aliphatic rings. The molecular formula is C26H25ClN2O5. The largest absolute Gasteiger partial charge is 0.497 e. The van der Waals surface area contributed by atoms with Crippen LogP contribution in [0.15, 0.2) is 59.7 Å². The van der Waals surface area contributed by atoms with Gasteiger partial charge in [-0.25, -0.2) is 5.01 Å². The predicted molar refractivity (Wildman–Crippen MR) is 130 cm³/mol. The molecule has 7 nitrogen and oxygen atoms in total. The quantitative estimate of drug-likeness (QED) is 0.456.